The molecule has 1 aromatic carbocycles. The molecule has 0 radical (unpaired) electrons. The predicted octanol–water partition coefficient (Wildman–Crippen LogP) is 0.521. The highest BCUT2D eigenvalue weighted by Crippen LogP contribution is 2.16. The van der Waals surface area contributed by atoms with Crippen molar-refractivity contribution in [3.63, 3.8) is 0 Å². The van der Waals surface area contributed by atoms with E-state index in [-0.39, 0.29) is 13.2 Å². The molecule has 1 aliphatic rings. The first kappa shape index (κ1) is 13.5. The second-order valence-corrected chi connectivity index (χ2v) is 4.18. The Hall–Kier alpha value is -1.92. The van der Waals surface area contributed by atoms with Gasteiger partial charge >= 0.3 is 17.7 Å². The largest absolute Gasteiger partial charge is 0.478 e. The zero-order valence-corrected chi connectivity index (χ0v) is 10.3. The van der Waals surface area contributed by atoms with Crippen LogP contribution in [0.3, 0.4) is 0 Å². The fraction of sp³-hybridized carbons (Fsp3) is 0.385. The van der Waals surface area contributed by atoms with Gasteiger partial charge in [-0.2, -0.15) is 0 Å². The summed E-state index contributed by atoms with van der Waals surface area (Å²) in [5.74, 6) is -2.31. The van der Waals surface area contributed by atoms with Gasteiger partial charge in [0.1, 0.15) is 6.61 Å². The molecule has 0 unspecified atom stereocenters. The Morgan fingerprint density at radius 1 is 1.37 bits per heavy atom. The van der Waals surface area contributed by atoms with E-state index in [0.717, 1.165) is 5.56 Å². The van der Waals surface area contributed by atoms with Gasteiger partial charge in [0.15, 0.2) is 0 Å². The zero-order chi connectivity index (χ0) is 13.7. The van der Waals surface area contributed by atoms with E-state index in [1.165, 1.54) is 0 Å². The van der Waals surface area contributed by atoms with Gasteiger partial charge in [0.05, 0.1) is 6.61 Å². The van der Waals surface area contributed by atoms with Crippen molar-refractivity contribution in [1.29, 1.82) is 0 Å². The van der Waals surface area contributed by atoms with Gasteiger partial charge in [0.2, 0.25) is 0 Å². The molecule has 2 N–H and O–H groups in total. The normalized spacial score (nSPS) is 22.7. The van der Waals surface area contributed by atoms with Crippen LogP contribution in [-0.4, -0.2) is 35.9 Å². The number of rotatable bonds is 4. The topological polar surface area (TPSA) is 84.9 Å². The van der Waals surface area contributed by atoms with Crippen LogP contribution in [0.2, 0.25) is 0 Å². The number of aliphatic carboxylic acids is 1. The number of carbonyl (C=O) groups excluding carboxylic acids is 1. The minimum Gasteiger partial charge on any atom is -0.478 e. The first-order chi connectivity index (χ1) is 9.15. The number of carbonyl (C=O) groups is 2. The van der Waals surface area contributed by atoms with Crippen LogP contribution in [0.5, 0.6) is 0 Å². The van der Waals surface area contributed by atoms with Gasteiger partial charge in [0, 0.05) is 6.54 Å². The van der Waals surface area contributed by atoms with E-state index in [4.69, 9.17) is 14.6 Å². The Morgan fingerprint density at radius 2 is 2.11 bits per heavy atom. The van der Waals surface area contributed by atoms with Crippen LogP contribution in [0, 0.1) is 0 Å². The Bertz CT molecular complexity index is 453. The third kappa shape index (κ3) is 2.91. The van der Waals surface area contributed by atoms with Crippen LogP contribution in [0.1, 0.15) is 12.0 Å². The summed E-state index contributed by atoms with van der Waals surface area (Å²) >= 11 is 0. The average Bonchev–Trinajstić information content (AvgIpc) is 2.46. The first-order valence-corrected chi connectivity index (χ1v) is 5.99. The lowest BCUT2D eigenvalue weighted by molar-refractivity contribution is -0.198. The number of hydrogen-bond donors (Lipinski definition) is 2. The van der Waals surface area contributed by atoms with Crippen LogP contribution in [0.25, 0.3) is 0 Å². The van der Waals surface area contributed by atoms with E-state index in [1.54, 1.807) is 12.1 Å². The van der Waals surface area contributed by atoms with Crippen LogP contribution in [0.4, 0.5) is 0 Å². The van der Waals surface area contributed by atoms with Crippen molar-refractivity contribution < 1.29 is 24.2 Å². The lowest BCUT2D eigenvalue weighted by atomic mass is 10.1. The fourth-order valence-corrected chi connectivity index (χ4v) is 1.79. The van der Waals surface area contributed by atoms with Crippen molar-refractivity contribution in [3.05, 3.63) is 35.9 Å². The molecule has 1 atom stereocenters. The van der Waals surface area contributed by atoms with Crippen molar-refractivity contribution in [3.8, 4) is 0 Å². The lowest BCUT2D eigenvalue weighted by Crippen LogP contribution is -2.63. The average molecular weight is 265 g/mol. The minimum atomic E-state index is -2.08. The summed E-state index contributed by atoms with van der Waals surface area (Å²) in [7, 11) is 0. The molecule has 0 spiro atoms. The molecule has 0 bridgehead atoms. The Kier molecular flexibility index (Phi) is 4.13. The van der Waals surface area contributed by atoms with Crippen LogP contribution < -0.4 is 5.32 Å². The van der Waals surface area contributed by atoms with Crippen molar-refractivity contribution >= 4 is 11.9 Å². The van der Waals surface area contributed by atoms with E-state index in [9.17, 15) is 9.59 Å². The number of carboxylic acid groups (broad SMARTS) is 1. The Labute approximate surface area is 110 Å². The minimum absolute atomic E-state index is 0.0136. The number of esters is 1. The number of ether oxygens (including phenoxy) is 2. The van der Waals surface area contributed by atoms with Gasteiger partial charge in [-0.05, 0) is 12.0 Å². The summed E-state index contributed by atoms with van der Waals surface area (Å²) in [6, 6.07) is 9.04. The van der Waals surface area contributed by atoms with E-state index < -0.39 is 17.7 Å². The molecule has 6 nitrogen and oxygen atoms in total. The Balaban J connectivity index is 2.02. The quantitative estimate of drug-likeness (QED) is 0.610. The summed E-state index contributed by atoms with van der Waals surface area (Å²) in [6.45, 7) is 0.617. The third-order valence-electron chi connectivity index (χ3n) is 2.82. The highest BCUT2D eigenvalue weighted by molar-refractivity contribution is 6.02. The van der Waals surface area contributed by atoms with Crippen LogP contribution in [0.15, 0.2) is 30.3 Å². The molecule has 6 heteroatoms. The molecule has 1 heterocycles. The number of carboxylic acids is 1. The summed E-state index contributed by atoms with van der Waals surface area (Å²) in [5.41, 5.74) is -1.29. The molecule has 1 aromatic rings. The molecule has 2 rings (SSSR count). The van der Waals surface area contributed by atoms with Crippen LogP contribution in [-0.2, 0) is 25.7 Å². The molecule has 1 saturated heterocycles. The standard InChI is InChI=1S/C13H15NO5/c15-11(16)13(14-7-4-8-19-13)12(17)18-9-10-5-2-1-3-6-10/h1-3,5-6,14H,4,7-9H2,(H,15,16)/t13-/m0/s1. The second-order valence-electron chi connectivity index (χ2n) is 4.18. The van der Waals surface area contributed by atoms with Gasteiger partial charge in [0.25, 0.3) is 0 Å². The summed E-state index contributed by atoms with van der Waals surface area (Å²) in [6.07, 6.45) is 0.654. The summed E-state index contributed by atoms with van der Waals surface area (Å²) in [5, 5.41) is 11.7. The number of hydrogen-bond acceptors (Lipinski definition) is 5. The molecular formula is C13H15NO5. The fourth-order valence-electron chi connectivity index (χ4n) is 1.79. The molecule has 102 valence electrons. The molecule has 1 aliphatic heterocycles. The molecule has 1 fully saturated rings. The third-order valence-corrected chi connectivity index (χ3v) is 2.82. The van der Waals surface area contributed by atoms with Gasteiger partial charge in [-0.15, -0.1) is 0 Å². The molecule has 0 aliphatic carbocycles. The maximum absolute atomic E-state index is 11.9. The lowest BCUT2D eigenvalue weighted by Gasteiger charge is -2.31. The highest BCUT2D eigenvalue weighted by atomic mass is 16.6. The van der Waals surface area contributed by atoms with Crippen LogP contribution >= 0.6 is 0 Å². The van der Waals surface area contributed by atoms with E-state index in [1.807, 2.05) is 18.2 Å². The van der Waals surface area contributed by atoms with E-state index in [2.05, 4.69) is 5.32 Å². The van der Waals surface area contributed by atoms with Crippen molar-refractivity contribution in [2.45, 2.75) is 18.8 Å². The molecular weight excluding hydrogens is 250 g/mol. The molecule has 0 amide bonds. The molecule has 0 aromatic heterocycles. The first-order valence-electron chi connectivity index (χ1n) is 5.99. The van der Waals surface area contributed by atoms with Gasteiger partial charge in [-0.3, -0.25) is 5.32 Å². The zero-order valence-electron chi connectivity index (χ0n) is 10.3. The second kappa shape index (κ2) is 5.81. The van der Waals surface area contributed by atoms with Crippen molar-refractivity contribution in [2.24, 2.45) is 0 Å². The number of benzene rings is 1. The summed E-state index contributed by atoms with van der Waals surface area (Å²) < 4.78 is 10.1. The van der Waals surface area contributed by atoms with Crippen molar-refractivity contribution in [1.82, 2.24) is 5.32 Å². The molecule has 19 heavy (non-hydrogen) atoms. The van der Waals surface area contributed by atoms with E-state index >= 15 is 0 Å². The van der Waals surface area contributed by atoms with Gasteiger partial charge in [-0.25, -0.2) is 9.59 Å². The van der Waals surface area contributed by atoms with Gasteiger partial charge in [-0.1, -0.05) is 30.3 Å². The molecule has 0 saturated carbocycles. The monoisotopic (exact) mass is 265 g/mol. The maximum Gasteiger partial charge on any atom is 0.366 e. The van der Waals surface area contributed by atoms with Gasteiger partial charge < -0.3 is 14.6 Å². The van der Waals surface area contributed by atoms with Crippen molar-refractivity contribution in [2.75, 3.05) is 13.2 Å². The summed E-state index contributed by atoms with van der Waals surface area (Å²) in [4.78, 5) is 23.2. The predicted molar refractivity (Wildman–Crippen MR) is 65.2 cm³/mol. The Morgan fingerprint density at radius 3 is 2.68 bits per heavy atom. The SMILES string of the molecule is O=C(O)[C@]1(C(=O)OCc2ccccc2)NCCCO1. The smallest absolute Gasteiger partial charge is 0.366 e. The maximum atomic E-state index is 11.9. The van der Waals surface area contributed by atoms with E-state index in [0.29, 0.717) is 13.0 Å². The highest BCUT2D eigenvalue weighted by Gasteiger charge is 2.50. The number of nitrogens with one attached hydrogen (secondary N) is 1.